The zero-order valence-electron chi connectivity index (χ0n) is 8.28. The van der Waals surface area contributed by atoms with Crippen LogP contribution in [0.25, 0.3) is 0 Å². The van der Waals surface area contributed by atoms with Crippen molar-refractivity contribution in [1.82, 2.24) is 10.6 Å². The number of hydrogen-bond donors (Lipinski definition) is 4. The number of hydrogen-bond acceptors (Lipinski definition) is 3. The molecule has 0 aliphatic rings. The Morgan fingerprint density at radius 3 is 2.20 bits per heavy atom. The molecule has 0 bridgehead atoms. The standard InChI is InChI=1S/C8H15N3O4/c9-8(15)11-5-4-10-6(12)2-1-3-7(13)14/h1-5H2,(H,10,12)(H,13,14)(H3,9,11,15). The maximum Gasteiger partial charge on any atom is 0.312 e. The van der Waals surface area contributed by atoms with Crippen molar-refractivity contribution in [3.05, 3.63) is 0 Å². The lowest BCUT2D eigenvalue weighted by Crippen LogP contribution is -2.37. The molecule has 0 aliphatic carbocycles. The number of carbonyl (C=O) groups excluding carboxylic acids is 2. The zero-order valence-corrected chi connectivity index (χ0v) is 8.28. The highest BCUT2D eigenvalue weighted by Crippen LogP contribution is 1.94. The Kier molecular flexibility index (Phi) is 6.69. The van der Waals surface area contributed by atoms with Gasteiger partial charge in [-0.2, -0.15) is 0 Å². The highest BCUT2D eigenvalue weighted by Gasteiger charge is 2.02. The first-order valence-corrected chi connectivity index (χ1v) is 4.54. The molecule has 0 aromatic heterocycles. The monoisotopic (exact) mass is 217 g/mol. The summed E-state index contributed by atoms with van der Waals surface area (Å²) in [5, 5.41) is 13.1. The molecule has 0 rings (SSSR count). The summed E-state index contributed by atoms with van der Waals surface area (Å²) in [7, 11) is 0. The SMILES string of the molecule is NC(=O)NCCNC(=O)CCCC(=O)O. The van der Waals surface area contributed by atoms with Crippen LogP contribution >= 0.6 is 0 Å². The number of carboxylic acids is 1. The number of nitrogens with two attached hydrogens (primary N) is 1. The van der Waals surface area contributed by atoms with Gasteiger partial charge in [0, 0.05) is 25.9 Å². The van der Waals surface area contributed by atoms with Crippen LogP contribution in [0.5, 0.6) is 0 Å². The Morgan fingerprint density at radius 2 is 1.67 bits per heavy atom. The molecule has 7 heteroatoms. The maximum atomic E-state index is 11.0. The second-order valence-electron chi connectivity index (χ2n) is 2.89. The summed E-state index contributed by atoms with van der Waals surface area (Å²) in [6, 6.07) is -0.643. The van der Waals surface area contributed by atoms with E-state index in [1.165, 1.54) is 0 Å². The molecule has 0 saturated carbocycles. The summed E-state index contributed by atoms with van der Waals surface area (Å²) in [6.07, 6.45) is 0.459. The molecule has 0 spiro atoms. The number of urea groups is 1. The summed E-state index contributed by atoms with van der Waals surface area (Å²) in [5.74, 6) is -1.15. The molecule has 0 fully saturated rings. The van der Waals surface area contributed by atoms with E-state index < -0.39 is 12.0 Å². The van der Waals surface area contributed by atoms with Gasteiger partial charge in [-0.15, -0.1) is 0 Å². The third kappa shape index (κ3) is 10.1. The minimum absolute atomic E-state index is 0.0209. The van der Waals surface area contributed by atoms with E-state index in [1.807, 2.05) is 0 Å². The highest BCUT2D eigenvalue weighted by molar-refractivity contribution is 5.76. The largest absolute Gasteiger partial charge is 0.481 e. The number of rotatable bonds is 7. The van der Waals surface area contributed by atoms with Crippen molar-refractivity contribution in [2.45, 2.75) is 19.3 Å². The van der Waals surface area contributed by atoms with Gasteiger partial charge in [0.05, 0.1) is 0 Å². The van der Waals surface area contributed by atoms with Crippen LogP contribution in [0.15, 0.2) is 0 Å². The zero-order chi connectivity index (χ0) is 11.7. The average molecular weight is 217 g/mol. The Bertz CT molecular complexity index is 242. The molecule has 0 aromatic carbocycles. The molecule has 0 aliphatic heterocycles. The fourth-order valence-electron chi connectivity index (χ4n) is 0.876. The lowest BCUT2D eigenvalue weighted by molar-refractivity contribution is -0.137. The quantitative estimate of drug-likeness (QED) is 0.409. The van der Waals surface area contributed by atoms with Gasteiger partial charge in [-0.25, -0.2) is 4.79 Å². The summed E-state index contributed by atoms with van der Waals surface area (Å²) in [5.41, 5.74) is 4.79. The lowest BCUT2D eigenvalue weighted by Gasteiger charge is -2.04. The van der Waals surface area contributed by atoms with Crippen LogP contribution in [0.1, 0.15) is 19.3 Å². The molecule has 0 unspecified atom stereocenters. The predicted molar refractivity (Wildman–Crippen MR) is 52.1 cm³/mol. The first kappa shape index (κ1) is 13.2. The van der Waals surface area contributed by atoms with Crippen molar-refractivity contribution in [3.63, 3.8) is 0 Å². The number of aliphatic carboxylic acids is 1. The van der Waals surface area contributed by atoms with Gasteiger partial charge in [0.15, 0.2) is 0 Å². The van der Waals surface area contributed by atoms with E-state index in [9.17, 15) is 14.4 Å². The van der Waals surface area contributed by atoms with E-state index in [4.69, 9.17) is 10.8 Å². The van der Waals surface area contributed by atoms with Crippen molar-refractivity contribution in [1.29, 1.82) is 0 Å². The van der Waals surface area contributed by atoms with Gasteiger partial charge in [-0.1, -0.05) is 0 Å². The van der Waals surface area contributed by atoms with Crippen molar-refractivity contribution in [3.8, 4) is 0 Å². The van der Waals surface area contributed by atoms with Crippen LogP contribution in [0.3, 0.4) is 0 Å². The topological polar surface area (TPSA) is 122 Å². The van der Waals surface area contributed by atoms with Crippen LogP contribution in [-0.2, 0) is 9.59 Å². The molecular formula is C8H15N3O4. The molecule has 3 amide bonds. The minimum atomic E-state index is -0.918. The molecule has 0 aromatic rings. The Balaban J connectivity index is 3.33. The molecule has 0 saturated heterocycles. The summed E-state index contributed by atoms with van der Waals surface area (Å²) in [4.78, 5) is 31.4. The number of nitrogens with one attached hydrogen (secondary N) is 2. The van der Waals surface area contributed by atoms with Crippen molar-refractivity contribution in [2.24, 2.45) is 5.73 Å². The van der Waals surface area contributed by atoms with Crippen LogP contribution in [0, 0.1) is 0 Å². The van der Waals surface area contributed by atoms with Crippen LogP contribution in [0.2, 0.25) is 0 Å². The van der Waals surface area contributed by atoms with Gasteiger partial charge in [-0.3, -0.25) is 9.59 Å². The Labute approximate surface area is 87.0 Å². The fourth-order valence-corrected chi connectivity index (χ4v) is 0.876. The molecule has 86 valence electrons. The van der Waals surface area contributed by atoms with E-state index in [1.54, 1.807) is 0 Å². The number of amides is 3. The predicted octanol–water partition coefficient (Wildman–Crippen LogP) is -0.974. The molecular weight excluding hydrogens is 202 g/mol. The molecule has 0 atom stereocenters. The van der Waals surface area contributed by atoms with Crippen molar-refractivity contribution in [2.75, 3.05) is 13.1 Å². The van der Waals surface area contributed by atoms with Crippen LogP contribution < -0.4 is 16.4 Å². The summed E-state index contributed by atoms with van der Waals surface area (Å²) >= 11 is 0. The van der Waals surface area contributed by atoms with Gasteiger partial charge >= 0.3 is 12.0 Å². The second-order valence-corrected chi connectivity index (χ2v) is 2.89. The average Bonchev–Trinajstić information content (AvgIpc) is 2.11. The summed E-state index contributed by atoms with van der Waals surface area (Å²) in [6.45, 7) is 0.550. The molecule has 7 nitrogen and oxygen atoms in total. The van der Waals surface area contributed by atoms with Gasteiger partial charge in [0.25, 0.3) is 0 Å². The smallest absolute Gasteiger partial charge is 0.312 e. The van der Waals surface area contributed by atoms with Crippen LogP contribution in [-0.4, -0.2) is 36.1 Å². The third-order valence-corrected chi connectivity index (χ3v) is 1.54. The van der Waals surface area contributed by atoms with Gasteiger partial charge in [-0.05, 0) is 6.42 Å². The molecule has 5 N–H and O–H groups in total. The van der Waals surface area contributed by atoms with Crippen molar-refractivity contribution >= 4 is 17.9 Å². The van der Waals surface area contributed by atoms with Gasteiger partial charge in [0.1, 0.15) is 0 Å². The van der Waals surface area contributed by atoms with Gasteiger partial charge in [0.2, 0.25) is 5.91 Å². The Morgan fingerprint density at radius 1 is 1.07 bits per heavy atom. The van der Waals surface area contributed by atoms with Gasteiger partial charge < -0.3 is 21.5 Å². The highest BCUT2D eigenvalue weighted by atomic mass is 16.4. The van der Waals surface area contributed by atoms with Crippen molar-refractivity contribution < 1.29 is 19.5 Å². The first-order chi connectivity index (χ1) is 7.02. The van der Waals surface area contributed by atoms with E-state index in [0.717, 1.165) is 0 Å². The second kappa shape index (κ2) is 7.60. The molecule has 0 heterocycles. The molecule has 0 radical (unpaired) electrons. The van der Waals surface area contributed by atoms with E-state index >= 15 is 0 Å². The Hall–Kier alpha value is -1.79. The van der Waals surface area contributed by atoms with E-state index in [0.29, 0.717) is 6.42 Å². The normalized spacial score (nSPS) is 9.33. The lowest BCUT2D eigenvalue weighted by atomic mass is 10.2. The first-order valence-electron chi connectivity index (χ1n) is 4.54. The van der Waals surface area contributed by atoms with E-state index in [-0.39, 0.29) is 31.8 Å². The number of primary amides is 1. The number of carbonyl (C=O) groups is 3. The summed E-state index contributed by atoms with van der Waals surface area (Å²) < 4.78 is 0. The third-order valence-electron chi connectivity index (χ3n) is 1.54. The van der Waals surface area contributed by atoms with Crippen LogP contribution in [0.4, 0.5) is 4.79 Å². The maximum absolute atomic E-state index is 11.0. The van der Waals surface area contributed by atoms with E-state index in [2.05, 4.69) is 10.6 Å². The molecule has 15 heavy (non-hydrogen) atoms. The number of carboxylic acid groups (broad SMARTS) is 1. The minimum Gasteiger partial charge on any atom is -0.481 e. The fraction of sp³-hybridized carbons (Fsp3) is 0.625.